The molecule has 2 heterocycles. The zero-order chi connectivity index (χ0) is 11.1. The molecule has 0 aliphatic heterocycles. The smallest absolute Gasteiger partial charge is 0.161 e. The molecule has 0 saturated heterocycles. The first-order valence-electron chi connectivity index (χ1n) is 4.98. The van der Waals surface area contributed by atoms with Crippen molar-refractivity contribution >= 4 is 16.7 Å². The SMILES string of the molecule is Cn1cc(N)c(-c2nc3ccccc3[nH]2)n1. The van der Waals surface area contributed by atoms with Crippen LogP contribution in [0.3, 0.4) is 0 Å². The molecule has 0 aliphatic carbocycles. The summed E-state index contributed by atoms with van der Waals surface area (Å²) in [5, 5.41) is 4.27. The van der Waals surface area contributed by atoms with Crippen molar-refractivity contribution in [3.63, 3.8) is 0 Å². The van der Waals surface area contributed by atoms with Crippen molar-refractivity contribution < 1.29 is 0 Å². The molecule has 5 nitrogen and oxygen atoms in total. The Bertz CT molecular complexity index is 616. The number of aromatic amines is 1. The molecule has 2 aromatic heterocycles. The fourth-order valence-corrected chi connectivity index (χ4v) is 1.76. The van der Waals surface area contributed by atoms with E-state index in [0.29, 0.717) is 17.2 Å². The lowest BCUT2D eigenvalue weighted by Crippen LogP contribution is -1.89. The fourth-order valence-electron chi connectivity index (χ4n) is 1.76. The Labute approximate surface area is 91.9 Å². The molecule has 3 rings (SSSR count). The van der Waals surface area contributed by atoms with E-state index < -0.39 is 0 Å². The highest BCUT2D eigenvalue weighted by Crippen LogP contribution is 2.23. The quantitative estimate of drug-likeness (QED) is 0.644. The van der Waals surface area contributed by atoms with Crippen LogP contribution >= 0.6 is 0 Å². The highest BCUT2D eigenvalue weighted by Gasteiger charge is 2.11. The Kier molecular flexibility index (Phi) is 1.73. The molecule has 0 unspecified atom stereocenters. The van der Waals surface area contributed by atoms with Crippen molar-refractivity contribution in [3.8, 4) is 11.5 Å². The summed E-state index contributed by atoms with van der Waals surface area (Å²) in [5.74, 6) is 0.708. The van der Waals surface area contributed by atoms with Gasteiger partial charge in [0.1, 0.15) is 0 Å². The number of fused-ring (bicyclic) bond motifs is 1. The van der Waals surface area contributed by atoms with Gasteiger partial charge in [0.2, 0.25) is 0 Å². The minimum atomic E-state index is 0.626. The number of benzene rings is 1. The molecule has 0 aliphatic rings. The van der Waals surface area contributed by atoms with Crippen LogP contribution in [0.4, 0.5) is 5.69 Å². The van der Waals surface area contributed by atoms with Crippen LogP contribution in [0.5, 0.6) is 0 Å². The number of nitrogens with one attached hydrogen (secondary N) is 1. The van der Waals surface area contributed by atoms with Crippen molar-refractivity contribution in [2.75, 3.05) is 5.73 Å². The molecular weight excluding hydrogens is 202 g/mol. The first kappa shape index (κ1) is 8.96. The molecule has 16 heavy (non-hydrogen) atoms. The van der Waals surface area contributed by atoms with Gasteiger partial charge in [0.05, 0.1) is 16.7 Å². The Hall–Kier alpha value is -2.30. The van der Waals surface area contributed by atoms with Crippen molar-refractivity contribution in [1.29, 1.82) is 0 Å². The number of hydrogen-bond donors (Lipinski definition) is 2. The third-order valence-electron chi connectivity index (χ3n) is 2.47. The van der Waals surface area contributed by atoms with Crippen LogP contribution in [0.15, 0.2) is 30.5 Å². The van der Waals surface area contributed by atoms with Crippen molar-refractivity contribution in [3.05, 3.63) is 30.5 Å². The molecule has 3 aromatic rings. The number of hydrogen-bond acceptors (Lipinski definition) is 3. The Morgan fingerprint density at radius 2 is 2.12 bits per heavy atom. The first-order valence-corrected chi connectivity index (χ1v) is 4.98. The summed E-state index contributed by atoms with van der Waals surface area (Å²) in [7, 11) is 1.84. The number of aromatic nitrogens is 4. The standard InChI is InChI=1S/C11H11N5/c1-16-6-7(12)10(15-16)11-13-8-4-2-3-5-9(8)14-11/h2-6H,12H2,1H3,(H,13,14). The highest BCUT2D eigenvalue weighted by molar-refractivity contribution is 5.80. The summed E-state index contributed by atoms with van der Waals surface area (Å²) in [4.78, 5) is 7.64. The molecule has 0 amide bonds. The lowest BCUT2D eigenvalue weighted by molar-refractivity contribution is 0.769. The average molecular weight is 213 g/mol. The van der Waals surface area contributed by atoms with Crippen molar-refractivity contribution in [2.45, 2.75) is 0 Å². The summed E-state index contributed by atoms with van der Waals surface area (Å²) < 4.78 is 1.68. The van der Waals surface area contributed by atoms with Gasteiger partial charge in [0.25, 0.3) is 0 Å². The maximum Gasteiger partial charge on any atom is 0.161 e. The maximum atomic E-state index is 5.85. The number of anilines is 1. The fraction of sp³-hybridized carbons (Fsp3) is 0.0909. The van der Waals surface area contributed by atoms with Gasteiger partial charge in [-0.2, -0.15) is 5.10 Å². The lowest BCUT2D eigenvalue weighted by atomic mass is 10.3. The van der Waals surface area contributed by atoms with Gasteiger partial charge in [-0.15, -0.1) is 0 Å². The summed E-state index contributed by atoms with van der Waals surface area (Å²) in [6.45, 7) is 0. The zero-order valence-electron chi connectivity index (χ0n) is 8.81. The monoisotopic (exact) mass is 213 g/mol. The van der Waals surface area contributed by atoms with E-state index in [4.69, 9.17) is 5.73 Å². The molecule has 1 aromatic carbocycles. The number of para-hydroxylation sites is 2. The van der Waals surface area contributed by atoms with E-state index in [0.717, 1.165) is 11.0 Å². The van der Waals surface area contributed by atoms with Crippen LogP contribution in [-0.4, -0.2) is 19.7 Å². The average Bonchev–Trinajstić information content (AvgIpc) is 2.81. The van der Waals surface area contributed by atoms with E-state index in [2.05, 4.69) is 15.1 Å². The second kappa shape index (κ2) is 3.10. The van der Waals surface area contributed by atoms with Gasteiger partial charge in [0, 0.05) is 13.2 Å². The number of nitrogens with zero attached hydrogens (tertiary/aromatic N) is 3. The van der Waals surface area contributed by atoms with Gasteiger partial charge in [-0.05, 0) is 12.1 Å². The topological polar surface area (TPSA) is 72.5 Å². The van der Waals surface area contributed by atoms with Crippen LogP contribution in [-0.2, 0) is 7.05 Å². The minimum absolute atomic E-state index is 0.626. The predicted molar refractivity (Wildman–Crippen MR) is 62.7 cm³/mol. The lowest BCUT2D eigenvalue weighted by Gasteiger charge is -1.90. The molecule has 5 heteroatoms. The summed E-state index contributed by atoms with van der Waals surface area (Å²) >= 11 is 0. The molecule has 0 atom stereocenters. The van der Waals surface area contributed by atoms with Gasteiger partial charge < -0.3 is 10.7 Å². The van der Waals surface area contributed by atoms with Crippen molar-refractivity contribution in [1.82, 2.24) is 19.7 Å². The van der Waals surface area contributed by atoms with E-state index in [1.54, 1.807) is 10.9 Å². The Morgan fingerprint density at radius 3 is 2.81 bits per heavy atom. The molecule has 0 radical (unpaired) electrons. The Morgan fingerprint density at radius 1 is 1.31 bits per heavy atom. The van der Waals surface area contributed by atoms with E-state index in [-0.39, 0.29) is 0 Å². The van der Waals surface area contributed by atoms with E-state index in [9.17, 15) is 0 Å². The molecule has 0 fully saturated rings. The molecule has 0 saturated carbocycles. The van der Waals surface area contributed by atoms with Gasteiger partial charge in [-0.25, -0.2) is 4.98 Å². The van der Waals surface area contributed by atoms with Gasteiger partial charge >= 0.3 is 0 Å². The number of nitrogens with two attached hydrogens (primary N) is 1. The molecule has 0 spiro atoms. The molecule has 3 N–H and O–H groups in total. The maximum absolute atomic E-state index is 5.85. The second-order valence-electron chi connectivity index (χ2n) is 3.71. The normalized spacial score (nSPS) is 11.1. The van der Waals surface area contributed by atoms with Crippen LogP contribution in [0, 0.1) is 0 Å². The van der Waals surface area contributed by atoms with Crippen molar-refractivity contribution in [2.24, 2.45) is 7.05 Å². The van der Waals surface area contributed by atoms with Crippen LogP contribution in [0.2, 0.25) is 0 Å². The summed E-state index contributed by atoms with van der Waals surface area (Å²) in [6.07, 6.45) is 1.77. The third-order valence-corrected chi connectivity index (χ3v) is 2.47. The predicted octanol–water partition coefficient (Wildman–Crippen LogP) is 1.55. The molecule has 0 bridgehead atoms. The number of rotatable bonds is 1. The van der Waals surface area contributed by atoms with E-state index in [1.165, 1.54) is 0 Å². The van der Waals surface area contributed by atoms with E-state index in [1.807, 2.05) is 31.3 Å². The number of nitrogen functional groups attached to an aromatic ring is 1. The van der Waals surface area contributed by atoms with Crippen LogP contribution in [0.1, 0.15) is 0 Å². The Balaban J connectivity index is 2.22. The largest absolute Gasteiger partial charge is 0.396 e. The number of imidazole rings is 1. The molecule has 80 valence electrons. The van der Waals surface area contributed by atoms with Crippen LogP contribution in [0.25, 0.3) is 22.6 Å². The third kappa shape index (κ3) is 1.25. The minimum Gasteiger partial charge on any atom is -0.396 e. The van der Waals surface area contributed by atoms with Gasteiger partial charge in [-0.3, -0.25) is 4.68 Å². The van der Waals surface area contributed by atoms with Gasteiger partial charge in [0.15, 0.2) is 11.5 Å². The first-order chi connectivity index (χ1) is 7.74. The molecular formula is C11H11N5. The van der Waals surface area contributed by atoms with Crippen LogP contribution < -0.4 is 5.73 Å². The number of H-pyrrole nitrogens is 1. The zero-order valence-corrected chi connectivity index (χ0v) is 8.81. The summed E-state index contributed by atoms with van der Waals surface area (Å²) in [5.41, 5.74) is 9.08. The summed E-state index contributed by atoms with van der Waals surface area (Å²) in [6, 6.07) is 7.85. The van der Waals surface area contributed by atoms with Gasteiger partial charge in [-0.1, -0.05) is 12.1 Å². The number of aryl methyl sites for hydroxylation is 1. The second-order valence-corrected chi connectivity index (χ2v) is 3.71. The van der Waals surface area contributed by atoms with E-state index >= 15 is 0 Å². The highest BCUT2D eigenvalue weighted by atomic mass is 15.3.